The van der Waals surface area contributed by atoms with Crippen molar-refractivity contribution < 1.29 is 14.4 Å². The zero-order valence-electron chi connectivity index (χ0n) is 13.0. The summed E-state index contributed by atoms with van der Waals surface area (Å²) in [7, 11) is 0. The molecular weight excluding hydrogens is 276 g/mol. The molecule has 22 heavy (non-hydrogen) atoms. The van der Waals surface area contributed by atoms with Gasteiger partial charge in [-0.15, -0.1) is 0 Å². The van der Waals surface area contributed by atoms with E-state index in [0.29, 0.717) is 0 Å². The Hall–Kier alpha value is -1.65. The van der Waals surface area contributed by atoms with Gasteiger partial charge in [-0.3, -0.25) is 4.79 Å². The highest BCUT2D eigenvalue weighted by Gasteiger charge is 2.31. The molecule has 0 spiro atoms. The molecule has 1 atom stereocenters. The first-order valence-electron chi connectivity index (χ1n) is 8.28. The Bertz CT molecular complexity index is 501. The predicted molar refractivity (Wildman–Crippen MR) is 86.6 cm³/mol. The van der Waals surface area contributed by atoms with Crippen LogP contribution in [-0.4, -0.2) is 56.2 Å². The number of nitrogens with one attached hydrogen (secondary N) is 1. The summed E-state index contributed by atoms with van der Waals surface area (Å²) in [4.78, 5) is 15.8. The summed E-state index contributed by atoms with van der Waals surface area (Å²) in [5.74, 6) is 0.205. The molecule has 0 radical (unpaired) electrons. The molecule has 1 amide bonds. The Morgan fingerprint density at radius 1 is 1.27 bits per heavy atom. The summed E-state index contributed by atoms with van der Waals surface area (Å²) in [6, 6.07) is 10.4. The van der Waals surface area contributed by atoms with Gasteiger partial charge in [0, 0.05) is 6.61 Å². The number of carbonyl (C=O) groups excluding carboxylic acids is 1. The fraction of sp³-hybridized carbons (Fsp3) is 0.500. The van der Waals surface area contributed by atoms with Gasteiger partial charge >= 0.3 is 0 Å². The zero-order valence-corrected chi connectivity index (χ0v) is 13.0. The van der Waals surface area contributed by atoms with Crippen molar-refractivity contribution >= 4 is 12.0 Å². The van der Waals surface area contributed by atoms with Crippen LogP contribution < -0.4 is 4.90 Å². The summed E-state index contributed by atoms with van der Waals surface area (Å²) >= 11 is 0. The van der Waals surface area contributed by atoms with Crippen LogP contribution in [0.2, 0.25) is 0 Å². The van der Waals surface area contributed by atoms with Crippen LogP contribution in [0.3, 0.4) is 0 Å². The van der Waals surface area contributed by atoms with Gasteiger partial charge in [0.2, 0.25) is 0 Å². The van der Waals surface area contributed by atoms with Crippen molar-refractivity contribution in [2.45, 2.75) is 18.9 Å². The van der Waals surface area contributed by atoms with E-state index >= 15 is 0 Å². The number of benzene rings is 1. The minimum absolute atomic E-state index is 0.167. The fourth-order valence-corrected chi connectivity index (χ4v) is 3.15. The predicted octanol–water partition coefficient (Wildman–Crippen LogP) is 0.606. The molecule has 4 nitrogen and oxygen atoms in total. The molecule has 0 bridgehead atoms. The SMILES string of the molecule is O=C([C@H]1CCCO1)N1CC[NH+](C/C=C/c2ccccc2)CC1. The summed E-state index contributed by atoms with van der Waals surface area (Å²) < 4.78 is 5.50. The average molecular weight is 301 g/mol. The first kappa shape index (κ1) is 15.3. The molecule has 1 aromatic rings. The molecule has 2 saturated heterocycles. The van der Waals surface area contributed by atoms with Crippen LogP contribution in [0.15, 0.2) is 36.4 Å². The quantitative estimate of drug-likeness (QED) is 0.884. The Morgan fingerprint density at radius 2 is 2.05 bits per heavy atom. The summed E-state index contributed by atoms with van der Waals surface area (Å²) in [5, 5.41) is 0. The van der Waals surface area contributed by atoms with Crippen LogP contribution in [0.5, 0.6) is 0 Å². The van der Waals surface area contributed by atoms with Gasteiger partial charge in [0.1, 0.15) is 6.10 Å². The van der Waals surface area contributed by atoms with Gasteiger partial charge in [0.15, 0.2) is 0 Å². The topological polar surface area (TPSA) is 34.0 Å². The van der Waals surface area contributed by atoms with Gasteiger partial charge in [0.25, 0.3) is 5.91 Å². The van der Waals surface area contributed by atoms with Crippen LogP contribution in [0, 0.1) is 0 Å². The van der Waals surface area contributed by atoms with Crippen LogP contribution >= 0.6 is 0 Å². The molecular formula is C18H25N2O2+. The fourth-order valence-electron chi connectivity index (χ4n) is 3.15. The molecule has 1 N–H and O–H groups in total. The maximum Gasteiger partial charge on any atom is 0.252 e. The third kappa shape index (κ3) is 3.96. The van der Waals surface area contributed by atoms with E-state index < -0.39 is 0 Å². The van der Waals surface area contributed by atoms with E-state index in [1.807, 2.05) is 11.0 Å². The molecule has 0 aromatic heterocycles. The second-order valence-corrected chi connectivity index (χ2v) is 6.09. The van der Waals surface area contributed by atoms with Gasteiger partial charge in [0.05, 0.1) is 32.7 Å². The third-order valence-corrected chi connectivity index (χ3v) is 4.50. The van der Waals surface area contributed by atoms with Crippen molar-refractivity contribution in [3.8, 4) is 0 Å². The van der Waals surface area contributed by atoms with Crippen molar-refractivity contribution in [1.82, 2.24) is 4.90 Å². The lowest BCUT2D eigenvalue weighted by Gasteiger charge is -2.32. The maximum absolute atomic E-state index is 12.3. The van der Waals surface area contributed by atoms with Crippen LogP contribution in [0.25, 0.3) is 6.08 Å². The second-order valence-electron chi connectivity index (χ2n) is 6.09. The van der Waals surface area contributed by atoms with Gasteiger partial charge in [-0.05, 0) is 24.5 Å². The lowest BCUT2D eigenvalue weighted by atomic mass is 10.2. The molecule has 0 saturated carbocycles. The Balaban J connectivity index is 1.42. The molecule has 2 aliphatic heterocycles. The standard InChI is InChI=1S/C18H24N2O2/c21-18(17-9-5-15-22-17)20-13-11-19(12-14-20)10-4-8-16-6-2-1-3-7-16/h1-4,6-8,17H,5,9-15H2/p+1/b8-4+/t17-/m1/s1. The molecule has 118 valence electrons. The monoisotopic (exact) mass is 301 g/mol. The molecule has 2 fully saturated rings. The number of amides is 1. The number of piperazine rings is 1. The zero-order chi connectivity index (χ0) is 15.2. The van der Waals surface area contributed by atoms with E-state index in [1.165, 1.54) is 5.56 Å². The third-order valence-electron chi connectivity index (χ3n) is 4.50. The lowest BCUT2D eigenvalue weighted by molar-refractivity contribution is -0.898. The van der Waals surface area contributed by atoms with Crippen LogP contribution in [0.4, 0.5) is 0 Å². The normalized spacial score (nSPS) is 23.3. The maximum atomic E-state index is 12.3. The van der Waals surface area contributed by atoms with Crippen LogP contribution in [-0.2, 0) is 9.53 Å². The van der Waals surface area contributed by atoms with Crippen molar-refractivity contribution in [3.63, 3.8) is 0 Å². The second kappa shape index (κ2) is 7.56. The van der Waals surface area contributed by atoms with E-state index in [4.69, 9.17) is 4.74 Å². The van der Waals surface area contributed by atoms with E-state index in [-0.39, 0.29) is 12.0 Å². The first-order valence-corrected chi connectivity index (χ1v) is 8.28. The molecule has 2 heterocycles. The van der Waals surface area contributed by atoms with Gasteiger partial charge < -0.3 is 14.5 Å². The minimum atomic E-state index is -0.167. The number of rotatable bonds is 4. The summed E-state index contributed by atoms with van der Waals surface area (Å²) in [6.07, 6.45) is 6.16. The smallest absolute Gasteiger partial charge is 0.252 e. The number of carbonyl (C=O) groups is 1. The van der Waals surface area contributed by atoms with Gasteiger partial charge in [-0.1, -0.05) is 36.4 Å². The largest absolute Gasteiger partial charge is 0.368 e. The summed E-state index contributed by atoms with van der Waals surface area (Å²) in [5.41, 5.74) is 1.24. The minimum Gasteiger partial charge on any atom is -0.368 e. The number of hydrogen-bond donors (Lipinski definition) is 1. The van der Waals surface area contributed by atoms with Crippen LogP contribution in [0.1, 0.15) is 18.4 Å². The average Bonchev–Trinajstić information content (AvgIpc) is 3.10. The van der Waals surface area contributed by atoms with Crippen molar-refractivity contribution in [1.29, 1.82) is 0 Å². The molecule has 3 rings (SSSR count). The van der Waals surface area contributed by atoms with E-state index in [9.17, 15) is 4.79 Å². The lowest BCUT2D eigenvalue weighted by Crippen LogP contribution is -3.14. The molecule has 0 unspecified atom stereocenters. The number of hydrogen-bond acceptors (Lipinski definition) is 2. The first-order chi connectivity index (χ1) is 10.8. The van der Waals surface area contributed by atoms with Gasteiger partial charge in [-0.2, -0.15) is 0 Å². The molecule has 2 aliphatic rings. The summed E-state index contributed by atoms with van der Waals surface area (Å²) in [6.45, 7) is 5.53. The molecule has 0 aliphatic carbocycles. The highest BCUT2D eigenvalue weighted by Crippen LogP contribution is 2.14. The highest BCUT2D eigenvalue weighted by atomic mass is 16.5. The Kier molecular flexibility index (Phi) is 5.24. The Morgan fingerprint density at radius 3 is 2.73 bits per heavy atom. The Labute approximate surface area is 132 Å². The number of quaternary nitrogens is 1. The van der Waals surface area contributed by atoms with Crippen molar-refractivity contribution in [2.75, 3.05) is 39.3 Å². The van der Waals surface area contributed by atoms with Crippen molar-refractivity contribution in [3.05, 3.63) is 42.0 Å². The molecule has 4 heteroatoms. The van der Waals surface area contributed by atoms with Crippen molar-refractivity contribution in [2.24, 2.45) is 0 Å². The van der Waals surface area contributed by atoms with E-state index in [2.05, 4.69) is 36.4 Å². The van der Waals surface area contributed by atoms with E-state index in [1.54, 1.807) is 4.90 Å². The highest BCUT2D eigenvalue weighted by molar-refractivity contribution is 5.81. The number of ether oxygens (including phenoxy) is 1. The van der Waals surface area contributed by atoms with E-state index in [0.717, 1.165) is 52.2 Å². The van der Waals surface area contributed by atoms with Gasteiger partial charge in [-0.25, -0.2) is 0 Å². The molecule has 1 aromatic carbocycles. The number of nitrogens with zero attached hydrogens (tertiary/aromatic N) is 1.